The van der Waals surface area contributed by atoms with Crippen LogP contribution in [0.4, 0.5) is 0 Å². The van der Waals surface area contributed by atoms with Crippen LogP contribution in [0.1, 0.15) is 26.7 Å². The van der Waals surface area contributed by atoms with E-state index >= 15 is 0 Å². The van der Waals surface area contributed by atoms with E-state index in [4.69, 9.17) is 13.0 Å². The maximum atomic E-state index is 7.63. The standard InChI is InChI=1S/C9H10ClN3/c1-6(2)7-5-11-13-4-3-8(10)12-9(7)13/h3-6H,1-2H3/i4D. The first kappa shape index (κ1) is 7.33. The van der Waals surface area contributed by atoms with Gasteiger partial charge in [0, 0.05) is 11.7 Å². The van der Waals surface area contributed by atoms with Crippen LogP contribution in [-0.2, 0) is 0 Å². The zero-order valence-corrected chi connectivity index (χ0v) is 8.21. The Labute approximate surface area is 82.8 Å². The highest BCUT2D eigenvalue weighted by atomic mass is 35.5. The van der Waals surface area contributed by atoms with Crippen molar-refractivity contribution in [3.8, 4) is 0 Å². The first-order chi connectivity index (χ1) is 6.59. The monoisotopic (exact) mass is 196 g/mol. The van der Waals surface area contributed by atoms with Crippen LogP contribution in [0.3, 0.4) is 0 Å². The van der Waals surface area contributed by atoms with Crippen molar-refractivity contribution in [1.29, 1.82) is 0 Å². The SMILES string of the molecule is [2H]c1cc(Cl)nc2c(C(C)C)cnn12. The summed E-state index contributed by atoms with van der Waals surface area (Å²) >= 11 is 5.79. The normalized spacial score (nSPS) is 12.5. The minimum atomic E-state index is 0.256. The van der Waals surface area contributed by atoms with Gasteiger partial charge in [-0.3, -0.25) is 0 Å². The van der Waals surface area contributed by atoms with E-state index in [2.05, 4.69) is 23.9 Å². The van der Waals surface area contributed by atoms with E-state index in [0.29, 0.717) is 16.7 Å². The van der Waals surface area contributed by atoms with Crippen molar-refractivity contribution in [1.82, 2.24) is 14.6 Å². The fourth-order valence-electron chi connectivity index (χ4n) is 1.22. The predicted molar refractivity (Wildman–Crippen MR) is 52.1 cm³/mol. The van der Waals surface area contributed by atoms with Crippen LogP contribution < -0.4 is 0 Å². The third kappa shape index (κ3) is 1.40. The molecule has 2 aromatic heterocycles. The van der Waals surface area contributed by atoms with Gasteiger partial charge < -0.3 is 0 Å². The van der Waals surface area contributed by atoms with Gasteiger partial charge >= 0.3 is 0 Å². The largest absolute Gasteiger partial charge is 0.222 e. The molecule has 0 aliphatic heterocycles. The molecular weight excluding hydrogens is 186 g/mol. The van der Waals surface area contributed by atoms with E-state index in [-0.39, 0.29) is 6.17 Å². The van der Waals surface area contributed by atoms with E-state index in [1.165, 1.54) is 10.6 Å². The molecule has 0 fully saturated rings. The van der Waals surface area contributed by atoms with Gasteiger partial charge in [-0.05, 0) is 12.0 Å². The molecule has 0 N–H and O–H groups in total. The van der Waals surface area contributed by atoms with Crippen LogP contribution in [-0.4, -0.2) is 14.6 Å². The van der Waals surface area contributed by atoms with E-state index in [1.807, 2.05) is 0 Å². The number of halogens is 1. The molecule has 0 atom stereocenters. The highest BCUT2D eigenvalue weighted by Gasteiger charge is 2.08. The molecule has 0 amide bonds. The third-order valence-corrected chi connectivity index (χ3v) is 2.11. The average Bonchev–Trinajstić information content (AvgIpc) is 2.47. The number of fused-ring (bicyclic) bond motifs is 1. The molecule has 0 bridgehead atoms. The number of aromatic nitrogens is 3. The molecule has 0 aliphatic carbocycles. The van der Waals surface area contributed by atoms with E-state index in [0.717, 1.165) is 5.56 Å². The summed E-state index contributed by atoms with van der Waals surface area (Å²) < 4.78 is 9.12. The summed E-state index contributed by atoms with van der Waals surface area (Å²) in [6.07, 6.45) is 1.99. The Morgan fingerprint density at radius 1 is 1.62 bits per heavy atom. The molecular formula is C9H10ClN3. The summed E-state index contributed by atoms with van der Waals surface area (Å²) in [5, 5.41) is 4.43. The first-order valence-electron chi connectivity index (χ1n) is 4.60. The Balaban J connectivity index is 2.78. The lowest BCUT2D eigenvalue weighted by molar-refractivity contribution is 0.872. The minimum Gasteiger partial charge on any atom is -0.222 e. The number of rotatable bonds is 1. The highest BCUT2D eigenvalue weighted by Crippen LogP contribution is 2.19. The van der Waals surface area contributed by atoms with Crippen LogP contribution in [0.25, 0.3) is 5.65 Å². The molecule has 0 radical (unpaired) electrons. The van der Waals surface area contributed by atoms with Crippen molar-refractivity contribution < 1.29 is 1.37 Å². The van der Waals surface area contributed by atoms with Gasteiger partial charge in [-0.2, -0.15) is 5.10 Å². The van der Waals surface area contributed by atoms with Gasteiger partial charge in [-0.1, -0.05) is 25.4 Å². The van der Waals surface area contributed by atoms with Crippen molar-refractivity contribution in [3.05, 3.63) is 29.2 Å². The Morgan fingerprint density at radius 2 is 2.38 bits per heavy atom. The first-order valence-corrected chi connectivity index (χ1v) is 4.48. The molecule has 0 unspecified atom stereocenters. The zero-order chi connectivity index (χ0) is 10.3. The van der Waals surface area contributed by atoms with Crippen LogP contribution in [0.5, 0.6) is 0 Å². The molecule has 2 heterocycles. The topological polar surface area (TPSA) is 30.2 Å². The lowest BCUT2D eigenvalue weighted by Crippen LogP contribution is -1.92. The number of hydrogen-bond donors (Lipinski definition) is 0. The van der Waals surface area contributed by atoms with Crippen molar-refractivity contribution in [2.75, 3.05) is 0 Å². The molecule has 3 nitrogen and oxygen atoms in total. The lowest BCUT2D eigenvalue weighted by Gasteiger charge is -2.00. The van der Waals surface area contributed by atoms with E-state index in [9.17, 15) is 0 Å². The molecule has 2 aromatic rings. The molecule has 0 saturated heterocycles. The summed E-state index contributed by atoms with van der Waals surface area (Å²) in [4.78, 5) is 4.16. The van der Waals surface area contributed by atoms with Gasteiger partial charge in [-0.15, -0.1) is 0 Å². The van der Waals surface area contributed by atoms with Gasteiger partial charge in [0.2, 0.25) is 0 Å². The summed E-state index contributed by atoms with van der Waals surface area (Å²) in [6.45, 7) is 4.12. The van der Waals surface area contributed by atoms with Crippen LogP contribution in [0.15, 0.2) is 18.4 Å². The summed E-state index contributed by atoms with van der Waals surface area (Å²) in [5.74, 6) is 0.331. The second-order valence-corrected chi connectivity index (χ2v) is 3.59. The summed E-state index contributed by atoms with van der Waals surface area (Å²) in [7, 11) is 0. The number of nitrogens with zero attached hydrogens (tertiary/aromatic N) is 3. The molecule has 2 rings (SSSR count). The van der Waals surface area contributed by atoms with Gasteiger partial charge in [0.15, 0.2) is 5.65 Å². The fourth-order valence-corrected chi connectivity index (χ4v) is 1.35. The van der Waals surface area contributed by atoms with Crippen LogP contribution in [0, 0.1) is 0 Å². The van der Waals surface area contributed by atoms with Crippen molar-refractivity contribution in [2.24, 2.45) is 0 Å². The summed E-state index contributed by atoms with van der Waals surface area (Å²) in [6, 6.07) is 1.48. The Kier molecular flexibility index (Phi) is 1.69. The van der Waals surface area contributed by atoms with Crippen molar-refractivity contribution in [2.45, 2.75) is 19.8 Å². The Hall–Kier alpha value is -1.09. The van der Waals surface area contributed by atoms with Gasteiger partial charge in [0.05, 0.1) is 7.57 Å². The van der Waals surface area contributed by atoms with Gasteiger partial charge in [0.1, 0.15) is 5.15 Å². The van der Waals surface area contributed by atoms with Crippen LogP contribution >= 0.6 is 11.6 Å². The highest BCUT2D eigenvalue weighted by molar-refractivity contribution is 6.29. The Morgan fingerprint density at radius 3 is 3.08 bits per heavy atom. The average molecular weight is 197 g/mol. The maximum Gasteiger partial charge on any atom is 0.160 e. The third-order valence-electron chi connectivity index (χ3n) is 1.91. The smallest absolute Gasteiger partial charge is 0.160 e. The Bertz CT molecular complexity index is 478. The minimum absolute atomic E-state index is 0.256. The molecule has 0 aliphatic rings. The van der Waals surface area contributed by atoms with Crippen molar-refractivity contribution >= 4 is 17.2 Å². The molecule has 68 valence electrons. The van der Waals surface area contributed by atoms with Gasteiger partial charge in [-0.25, -0.2) is 9.50 Å². The number of hydrogen-bond acceptors (Lipinski definition) is 2. The second kappa shape index (κ2) is 3.00. The zero-order valence-electron chi connectivity index (χ0n) is 8.45. The second-order valence-electron chi connectivity index (χ2n) is 3.20. The maximum absolute atomic E-state index is 7.63. The lowest BCUT2D eigenvalue weighted by atomic mass is 10.1. The van der Waals surface area contributed by atoms with Crippen molar-refractivity contribution in [3.63, 3.8) is 0 Å². The predicted octanol–water partition coefficient (Wildman–Crippen LogP) is 2.51. The molecule has 0 spiro atoms. The van der Waals surface area contributed by atoms with E-state index in [1.54, 1.807) is 6.20 Å². The quantitative estimate of drug-likeness (QED) is 0.656. The van der Waals surface area contributed by atoms with Crippen LogP contribution in [0.2, 0.25) is 5.15 Å². The summed E-state index contributed by atoms with van der Waals surface area (Å²) in [5.41, 5.74) is 1.69. The van der Waals surface area contributed by atoms with Gasteiger partial charge in [0.25, 0.3) is 0 Å². The molecule has 4 heteroatoms. The van der Waals surface area contributed by atoms with E-state index < -0.39 is 0 Å². The molecule has 0 saturated carbocycles. The molecule has 13 heavy (non-hydrogen) atoms. The fraction of sp³-hybridized carbons (Fsp3) is 0.333. The molecule has 0 aromatic carbocycles.